The van der Waals surface area contributed by atoms with Crippen LogP contribution in [0.15, 0.2) is 23.1 Å². The molecule has 0 radical (unpaired) electrons. The molecule has 4 aliphatic heterocycles. The second-order valence-corrected chi connectivity index (χ2v) is 10.3. The summed E-state index contributed by atoms with van der Waals surface area (Å²) in [5.74, 6) is 0.328. The number of benzene rings is 1. The highest BCUT2D eigenvalue weighted by Gasteiger charge is 2.51. The number of rotatable bonds is 2. The molecule has 29 heavy (non-hydrogen) atoms. The SMILES string of the molecule is O=C1CN(S(=O)(=O)C2=Cc3ccc(Cl)cc3OC2)CC2OC3(CCNCC3)CN12. The Labute approximate surface area is 174 Å². The van der Waals surface area contributed by atoms with Crippen LogP contribution in [0.1, 0.15) is 18.4 Å². The van der Waals surface area contributed by atoms with Crippen LogP contribution in [0.2, 0.25) is 5.02 Å². The number of hydrogen-bond acceptors (Lipinski definition) is 6. The number of piperazine rings is 1. The van der Waals surface area contributed by atoms with Crippen LogP contribution in [0.4, 0.5) is 0 Å². The van der Waals surface area contributed by atoms with Gasteiger partial charge in [0.15, 0.2) is 0 Å². The van der Waals surface area contributed by atoms with E-state index < -0.39 is 16.3 Å². The minimum Gasteiger partial charge on any atom is -0.487 e. The normalized spacial score (nSPS) is 26.7. The van der Waals surface area contributed by atoms with Gasteiger partial charge in [0.2, 0.25) is 15.9 Å². The van der Waals surface area contributed by atoms with Crippen LogP contribution < -0.4 is 10.1 Å². The van der Waals surface area contributed by atoms with E-state index in [9.17, 15) is 13.2 Å². The van der Waals surface area contributed by atoms with Crippen LogP contribution >= 0.6 is 11.6 Å². The molecule has 5 rings (SSSR count). The summed E-state index contributed by atoms with van der Waals surface area (Å²) in [5.41, 5.74) is 0.284. The second-order valence-electron chi connectivity index (χ2n) is 7.91. The zero-order valence-electron chi connectivity index (χ0n) is 15.8. The summed E-state index contributed by atoms with van der Waals surface area (Å²) in [4.78, 5) is 14.6. The molecule has 3 fully saturated rings. The van der Waals surface area contributed by atoms with E-state index in [0.717, 1.165) is 25.9 Å². The van der Waals surface area contributed by atoms with Gasteiger partial charge in [-0.05, 0) is 50.2 Å². The van der Waals surface area contributed by atoms with Crippen molar-refractivity contribution >= 4 is 33.6 Å². The first-order valence-electron chi connectivity index (χ1n) is 9.67. The molecule has 1 unspecified atom stereocenters. The third kappa shape index (κ3) is 3.34. The maximum absolute atomic E-state index is 13.2. The Bertz CT molecular complexity index is 990. The van der Waals surface area contributed by atoms with E-state index in [1.165, 1.54) is 4.31 Å². The van der Waals surface area contributed by atoms with Gasteiger partial charge in [-0.1, -0.05) is 11.6 Å². The van der Waals surface area contributed by atoms with E-state index in [2.05, 4.69) is 5.32 Å². The van der Waals surface area contributed by atoms with E-state index in [0.29, 0.717) is 22.9 Å². The standard InChI is InChI=1S/C19H22ClN3O5S/c20-14-2-1-13-7-15(11-27-16(13)8-14)29(25,26)22-9-17(24)23-12-19(28-18(23)10-22)3-5-21-6-4-19/h1-2,7-8,18,21H,3-6,9-12H2. The minimum atomic E-state index is -3.86. The monoisotopic (exact) mass is 439 g/mol. The summed E-state index contributed by atoms with van der Waals surface area (Å²) < 4.78 is 39.5. The van der Waals surface area contributed by atoms with Crippen molar-refractivity contribution in [3.63, 3.8) is 0 Å². The fourth-order valence-corrected chi connectivity index (χ4v) is 6.02. The van der Waals surface area contributed by atoms with E-state index in [4.69, 9.17) is 21.1 Å². The highest BCUT2D eigenvalue weighted by molar-refractivity contribution is 7.93. The molecule has 1 atom stereocenters. The van der Waals surface area contributed by atoms with Crippen LogP contribution in [-0.4, -0.2) is 74.7 Å². The van der Waals surface area contributed by atoms with Crippen molar-refractivity contribution in [2.24, 2.45) is 0 Å². The van der Waals surface area contributed by atoms with Crippen molar-refractivity contribution in [3.05, 3.63) is 33.7 Å². The van der Waals surface area contributed by atoms with Gasteiger partial charge in [-0.15, -0.1) is 0 Å². The molecule has 10 heteroatoms. The molecule has 1 N–H and O–H groups in total. The number of hydrogen-bond donors (Lipinski definition) is 1. The van der Waals surface area contributed by atoms with Gasteiger partial charge in [-0.25, -0.2) is 8.42 Å². The number of nitrogens with one attached hydrogen (secondary N) is 1. The molecule has 1 spiro atoms. The van der Waals surface area contributed by atoms with Crippen molar-refractivity contribution in [3.8, 4) is 5.75 Å². The van der Waals surface area contributed by atoms with E-state index >= 15 is 0 Å². The van der Waals surface area contributed by atoms with Gasteiger partial charge >= 0.3 is 0 Å². The number of amides is 1. The Balaban J connectivity index is 1.39. The van der Waals surface area contributed by atoms with Crippen LogP contribution in [0.5, 0.6) is 5.75 Å². The van der Waals surface area contributed by atoms with Crippen molar-refractivity contribution in [1.29, 1.82) is 0 Å². The Morgan fingerprint density at radius 2 is 2.03 bits per heavy atom. The number of sulfonamides is 1. The third-order valence-electron chi connectivity index (χ3n) is 6.03. The zero-order chi connectivity index (χ0) is 20.2. The summed E-state index contributed by atoms with van der Waals surface area (Å²) >= 11 is 5.97. The molecule has 0 aromatic heterocycles. The summed E-state index contributed by atoms with van der Waals surface area (Å²) in [6.07, 6.45) is 2.68. The Hall–Kier alpha value is -1.65. The first kappa shape index (κ1) is 19.3. The van der Waals surface area contributed by atoms with Gasteiger partial charge in [0, 0.05) is 10.6 Å². The molecule has 4 heterocycles. The minimum absolute atomic E-state index is 0.0921. The smallest absolute Gasteiger partial charge is 0.243 e. The van der Waals surface area contributed by atoms with Crippen molar-refractivity contribution in [2.75, 3.05) is 39.3 Å². The van der Waals surface area contributed by atoms with Crippen LogP contribution in [0, 0.1) is 0 Å². The van der Waals surface area contributed by atoms with Gasteiger partial charge in [0.1, 0.15) is 18.6 Å². The topological polar surface area (TPSA) is 88.2 Å². The molecule has 1 aromatic carbocycles. The largest absolute Gasteiger partial charge is 0.487 e. The molecule has 0 aliphatic carbocycles. The number of carbonyl (C=O) groups is 1. The van der Waals surface area contributed by atoms with E-state index in [1.54, 1.807) is 29.2 Å². The summed E-state index contributed by atoms with van der Waals surface area (Å²) in [7, 11) is -3.86. The lowest BCUT2D eigenvalue weighted by Gasteiger charge is -2.35. The number of carbonyl (C=O) groups excluding carboxylic acids is 1. The first-order chi connectivity index (χ1) is 13.9. The summed E-state index contributed by atoms with van der Waals surface area (Å²) in [6.45, 7) is 2.07. The summed E-state index contributed by atoms with van der Waals surface area (Å²) in [6, 6.07) is 5.06. The highest BCUT2D eigenvalue weighted by Crippen LogP contribution is 2.37. The molecule has 156 valence electrons. The number of ether oxygens (including phenoxy) is 2. The molecular weight excluding hydrogens is 418 g/mol. The highest BCUT2D eigenvalue weighted by atomic mass is 35.5. The average molecular weight is 440 g/mol. The van der Waals surface area contributed by atoms with Gasteiger partial charge in [-0.2, -0.15) is 4.31 Å². The quantitative estimate of drug-likeness (QED) is 0.740. The summed E-state index contributed by atoms with van der Waals surface area (Å²) in [5, 5.41) is 3.82. The maximum Gasteiger partial charge on any atom is 0.243 e. The Kier molecular flexibility index (Phi) is 4.63. The van der Waals surface area contributed by atoms with Gasteiger partial charge in [0.05, 0.1) is 30.1 Å². The van der Waals surface area contributed by atoms with Crippen molar-refractivity contribution in [2.45, 2.75) is 24.7 Å². The number of halogens is 1. The van der Waals surface area contributed by atoms with Gasteiger partial charge < -0.3 is 19.7 Å². The fourth-order valence-electron chi connectivity index (χ4n) is 4.44. The average Bonchev–Trinajstić information content (AvgIpc) is 3.06. The lowest BCUT2D eigenvalue weighted by molar-refractivity contribution is -0.144. The number of fused-ring (bicyclic) bond motifs is 2. The molecule has 0 saturated carbocycles. The molecule has 4 aliphatic rings. The molecular formula is C19H22ClN3O5S. The van der Waals surface area contributed by atoms with Crippen LogP contribution in [0.25, 0.3) is 6.08 Å². The molecule has 1 amide bonds. The van der Waals surface area contributed by atoms with Gasteiger partial charge in [-0.3, -0.25) is 4.79 Å². The first-order valence-corrected chi connectivity index (χ1v) is 11.5. The Morgan fingerprint density at radius 3 is 2.83 bits per heavy atom. The lowest BCUT2D eigenvalue weighted by atomic mass is 9.92. The molecule has 0 bridgehead atoms. The Morgan fingerprint density at radius 1 is 1.24 bits per heavy atom. The van der Waals surface area contributed by atoms with E-state index in [-0.39, 0.29) is 36.1 Å². The van der Waals surface area contributed by atoms with Gasteiger partial charge in [0.25, 0.3) is 0 Å². The van der Waals surface area contributed by atoms with E-state index in [1.807, 2.05) is 0 Å². The third-order valence-corrected chi connectivity index (χ3v) is 8.12. The zero-order valence-corrected chi connectivity index (χ0v) is 17.3. The predicted octanol–water partition coefficient (Wildman–Crippen LogP) is 1.03. The number of nitrogens with zero attached hydrogens (tertiary/aromatic N) is 2. The number of piperidine rings is 1. The van der Waals surface area contributed by atoms with Crippen molar-refractivity contribution < 1.29 is 22.7 Å². The molecule has 8 nitrogen and oxygen atoms in total. The fraction of sp³-hybridized carbons (Fsp3) is 0.526. The van der Waals surface area contributed by atoms with Crippen LogP contribution in [-0.2, 0) is 19.6 Å². The van der Waals surface area contributed by atoms with Crippen molar-refractivity contribution in [1.82, 2.24) is 14.5 Å². The second kappa shape index (κ2) is 6.95. The predicted molar refractivity (Wildman–Crippen MR) is 107 cm³/mol. The lowest BCUT2D eigenvalue weighted by Crippen LogP contribution is -2.56. The molecule has 1 aromatic rings. The molecule has 3 saturated heterocycles. The van der Waals surface area contributed by atoms with Crippen LogP contribution in [0.3, 0.4) is 0 Å². The maximum atomic E-state index is 13.2.